The summed E-state index contributed by atoms with van der Waals surface area (Å²) in [6.07, 6.45) is 6.55. The molecule has 0 bridgehead atoms. The van der Waals surface area contributed by atoms with Crippen molar-refractivity contribution in [3.05, 3.63) is 47.1 Å². The van der Waals surface area contributed by atoms with Gasteiger partial charge in [-0.3, -0.25) is 0 Å². The van der Waals surface area contributed by atoms with Crippen LogP contribution < -0.4 is 0 Å². The first-order chi connectivity index (χ1) is 9.32. The minimum atomic E-state index is -3.13. The van der Waals surface area contributed by atoms with Crippen LogP contribution in [-0.4, -0.2) is 14.2 Å². The van der Waals surface area contributed by atoms with Gasteiger partial charge >= 0.3 is 0 Å². The Labute approximate surface area is 121 Å². The van der Waals surface area contributed by atoms with Crippen molar-refractivity contribution >= 4 is 15.4 Å². The van der Waals surface area contributed by atoms with E-state index in [2.05, 4.69) is 26.0 Å². The average Bonchev–Trinajstić information content (AvgIpc) is 2.73. The molecule has 0 heterocycles. The van der Waals surface area contributed by atoms with Crippen LogP contribution in [0, 0.1) is 5.41 Å². The SMILES string of the molecule is CCS(=O)(=O)c1ccc2c(c1)C1=CCC(C)(C)C=C1C2. The first-order valence-electron chi connectivity index (χ1n) is 7.11. The smallest absolute Gasteiger partial charge is 0.178 e. The van der Waals surface area contributed by atoms with E-state index in [1.807, 2.05) is 12.1 Å². The van der Waals surface area contributed by atoms with E-state index in [1.54, 1.807) is 13.0 Å². The molecule has 0 radical (unpaired) electrons. The highest BCUT2D eigenvalue weighted by atomic mass is 32.2. The fraction of sp³-hybridized carbons (Fsp3) is 0.412. The maximum absolute atomic E-state index is 12.0. The van der Waals surface area contributed by atoms with E-state index in [-0.39, 0.29) is 11.2 Å². The lowest BCUT2D eigenvalue weighted by atomic mass is 9.80. The molecule has 2 aliphatic rings. The topological polar surface area (TPSA) is 34.1 Å². The van der Waals surface area contributed by atoms with Crippen molar-refractivity contribution in [1.29, 1.82) is 0 Å². The molecule has 0 aromatic heterocycles. The van der Waals surface area contributed by atoms with Gasteiger partial charge in [-0.15, -0.1) is 0 Å². The monoisotopic (exact) mass is 288 g/mol. The number of rotatable bonds is 2. The third kappa shape index (κ3) is 2.14. The second-order valence-corrected chi connectivity index (χ2v) is 8.66. The highest BCUT2D eigenvalue weighted by Gasteiger charge is 2.29. The molecule has 1 aromatic rings. The zero-order valence-corrected chi connectivity index (χ0v) is 13.0. The normalized spacial score (nSPS) is 19.9. The van der Waals surface area contributed by atoms with Gasteiger partial charge in [-0.25, -0.2) is 8.42 Å². The van der Waals surface area contributed by atoms with E-state index >= 15 is 0 Å². The Hall–Kier alpha value is -1.35. The molecule has 0 saturated carbocycles. The highest BCUT2D eigenvalue weighted by Crippen LogP contribution is 2.44. The summed E-state index contributed by atoms with van der Waals surface area (Å²) in [6, 6.07) is 5.59. The molecule has 0 N–H and O–H groups in total. The zero-order valence-electron chi connectivity index (χ0n) is 12.2. The summed E-state index contributed by atoms with van der Waals surface area (Å²) < 4.78 is 24.1. The summed E-state index contributed by atoms with van der Waals surface area (Å²) in [6.45, 7) is 6.17. The molecule has 0 amide bonds. The summed E-state index contributed by atoms with van der Waals surface area (Å²) >= 11 is 0. The van der Waals surface area contributed by atoms with Crippen LogP contribution in [0.15, 0.2) is 40.8 Å². The molecule has 0 fully saturated rings. The molecule has 0 atom stereocenters. The molecule has 20 heavy (non-hydrogen) atoms. The highest BCUT2D eigenvalue weighted by molar-refractivity contribution is 7.91. The molecule has 0 aliphatic heterocycles. The van der Waals surface area contributed by atoms with Crippen LogP contribution in [0.1, 0.15) is 38.3 Å². The van der Waals surface area contributed by atoms with Gasteiger partial charge in [0.05, 0.1) is 10.6 Å². The van der Waals surface area contributed by atoms with Crippen molar-refractivity contribution < 1.29 is 8.42 Å². The maximum atomic E-state index is 12.0. The van der Waals surface area contributed by atoms with E-state index in [9.17, 15) is 8.42 Å². The zero-order chi connectivity index (χ0) is 14.5. The number of hydrogen-bond donors (Lipinski definition) is 0. The molecule has 0 saturated heterocycles. The summed E-state index contributed by atoms with van der Waals surface area (Å²) in [5, 5.41) is 0. The van der Waals surface area contributed by atoms with Crippen LogP contribution in [0.25, 0.3) is 5.57 Å². The molecule has 106 valence electrons. The lowest BCUT2D eigenvalue weighted by molar-refractivity contribution is 0.482. The Kier molecular flexibility index (Phi) is 2.94. The number of hydrogen-bond acceptors (Lipinski definition) is 2. The van der Waals surface area contributed by atoms with Crippen molar-refractivity contribution in [2.24, 2.45) is 5.41 Å². The number of benzene rings is 1. The van der Waals surface area contributed by atoms with Gasteiger partial charge in [0.15, 0.2) is 9.84 Å². The number of fused-ring (bicyclic) bond motifs is 3. The van der Waals surface area contributed by atoms with Crippen molar-refractivity contribution in [3.8, 4) is 0 Å². The standard InChI is InChI=1S/C17H20O2S/c1-4-20(18,19)14-6-5-12-9-13-11-17(2,3)8-7-15(13)16(12)10-14/h5-7,10-11H,4,8-9H2,1-3H3. The second-order valence-electron chi connectivity index (χ2n) is 6.38. The van der Waals surface area contributed by atoms with Gasteiger partial charge in [-0.05, 0) is 52.7 Å². The summed E-state index contributed by atoms with van der Waals surface area (Å²) in [7, 11) is -3.13. The van der Waals surface area contributed by atoms with Gasteiger partial charge in [0, 0.05) is 0 Å². The molecule has 0 spiro atoms. The minimum Gasteiger partial charge on any atom is -0.224 e. The van der Waals surface area contributed by atoms with E-state index in [0.29, 0.717) is 4.90 Å². The van der Waals surface area contributed by atoms with E-state index in [0.717, 1.165) is 18.4 Å². The van der Waals surface area contributed by atoms with Gasteiger partial charge in [0.2, 0.25) is 0 Å². The molecular formula is C17H20O2S. The Bertz CT molecular complexity index is 734. The first-order valence-corrected chi connectivity index (χ1v) is 8.76. The van der Waals surface area contributed by atoms with E-state index < -0.39 is 9.84 Å². The second kappa shape index (κ2) is 4.32. The fourth-order valence-electron chi connectivity index (χ4n) is 3.06. The Balaban J connectivity index is 2.10. The Morgan fingerprint density at radius 1 is 1.25 bits per heavy atom. The molecule has 3 heteroatoms. The van der Waals surface area contributed by atoms with Gasteiger partial charge in [0.25, 0.3) is 0 Å². The minimum absolute atomic E-state index is 0.153. The predicted octanol–water partition coefficient (Wildman–Crippen LogP) is 3.78. The van der Waals surface area contributed by atoms with Gasteiger partial charge in [-0.2, -0.15) is 0 Å². The van der Waals surface area contributed by atoms with Crippen molar-refractivity contribution in [3.63, 3.8) is 0 Å². The maximum Gasteiger partial charge on any atom is 0.178 e. The quantitative estimate of drug-likeness (QED) is 0.830. The van der Waals surface area contributed by atoms with Gasteiger partial charge in [-0.1, -0.05) is 39.0 Å². The molecule has 2 nitrogen and oxygen atoms in total. The first kappa shape index (κ1) is 13.6. The lowest BCUT2D eigenvalue weighted by Gasteiger charge is -2.24. The van der Waals surface area contributed by atoms with Crippen LogP contribution in [0.3, 0.4) is 0 Å². The molecular weight excluding hydrogens is 268 g/mol. The molecule has 0 unspecified atom stereocenters. The predicted molar refractivity (Wildman–Crippen MR) is 82.3 cm³/mol. The van der Waals surface area contributed by atoms with Crippen LogP contribution >= 0.6 is 0 Å². The van der Waals surface area contributed by atoms with Crippen LogP contribution in [-0.2, 0) is 16.3 Å². The third-order valence-electron chi connectivity index (χ3n) is 4.23. The largest absolute Gasteiger partial charge is 0.224 e. The fourth-order valence-corrected chi connectivity index (χ4v) is 3.97. The lowest BCUT2D eigenvalue weighted by Crippen LogP contribution is -2.10. The van der Waals surface area contributed by atoms with Crippen molar-refractivity contribution in [1.82, 2.24) is 0 Å². The summed E-state index contributed by atoms with van der Waals surface area (Å²) in [5.41, 5.74) is 5.16. The van der Waals surface area contributed by atoms with E-state index in [4.69, 9.17) is 0 Å². The Morgan fingerprint density at radius 3 is 2.70 bits per heavy atom. The molecule has 1 aromatic carbocycles. The molecule has 2 aliphatic carbocycles. The molecule has 3 rings (SSSR count). The van der Waals surface area contributed by atoms with Crippen molar-refractivity contribution in [2.45, 2.75) is 38.5 Å². The number of sulfone groups is 1. The van der Waals surface area contributed by atoms with E-state index in [1.165, 1.54) is 16.7 Å². The van der Waals surface area contributed by atoms with Gasteiger partial charge in [0.1, 0.15) is 0 Å². The van der Waals surface area contributed by atoms with Gasteiger partial charge < -0.3 is 0 Å². The third-order valence-corrected chi connectivity index (χ3v) is 5.97. The van der Waals surface area contributed by atoms with Crippen LogP contribution in [0.2, 0.25) is 0 Å². The average molecular weight is 288 g/mol. The van der Waals surface area contributed by atoms with Crippen molar-refractivity contribution in [2.75, 3.05) is 5.75 Å². The van der Waals surface area contributed by atoms with Crippen LogP contribution in [0.5, 0.6) is 0 Å². The van der Waals surface area contributed by atoms with Crippen LogP contribution in [0.4, 0.5) is 0 Å². The summed E-state index contributed by atoms with van der Waals surface area (Å²) in [4.78, 5) is 0.450. The Morgan fingerprint density at radius 2 is 2.00 bits per heavy atom. The summed E-state index contributed by atoms with van der Waals surface area (Å²) in [5.74, 6) is 0.153. The number of allylic oxidation sites excluding steroid dienone is 4.